The van der Waals surface area contributed by atoms with Gasteiger partial charge in [0, 0.05) is 11.4 Å². The minimum Gasteiger partial charge on any atom is -0.213 e. The maximum Gasteiger partial charge on any atom is 0.208 e. The number of hydrogen-bond donors (Lipinski definition) is 1. The zero-order valence-corrected chi connectivity index (χ0v) is 9.37. The van der Waals surface area contributed by atoms with Crippen molar-refractivity contribution < 1.29 is 8.42 Å². The fourth-order valence-corrected chi connectivity index (χ4v) is 2.92. The molecule has 2 unspecified atom stereocenters. The molecule has 0 aromatic heterocycles. The molecule has 0 bridgehead atoms. The molecular formula is C8H16ClNO2S. The normalized spacial score (nSPS) is 31.2. The molecule has 0 aromatic rings. The Labute approximate surface area is 84.9 Å². The predicted octanol–water partition coefficient (Wildman–Crippen LogP) is 1.48. The summed E-state index contributed by atoms with van der Waals surface area (Å²) in [5.74, 6) is 0. The van der Waals surface area contributed by atoms with Crippen molar-refractivity contribution in [1.82, 2.24) is 4.72 Å². The Hall–Kier alpha value is 0.200. The van der Waals surface area contributed by atoms with Crippen LogP contribution in [0, 0.1) is 0 Å². The summed E-state index contributed by atoms with van der Waals surface area (Å²) in [6.07, 6.45) is 6.29. The number of sulfonamides is 1. The van der Waals surface area contributed by atoms with Crippen LogP contribution in [0.3, 0.4) is 0 Å². The van der Waals surface area contributed by atoms with Crippen molar-refractivity contribution in [3.63, 3.8) is 0 Å². The predicted molar refractivity (Wildman–Crippen MR) is 54.5 cm³/mol. The van der Waals surface area contributed by atoms with E-state index in [0.717, 1.165) is 32.1 Å². The highest BCUT2D eigenvalue weighted by molar-refractivity contribution is 7.88. The molecule has 1 N–H and O–H groups in total. The lowest BCUT2D eigenvalue weighted by molar-refractivity contribution is 0.518. The Kier molecular flexibility index (Phi) is 4.01. The van der Waals surface area contributed by atoms with E-state index in [1.54, 1.807) is 0 Å². The van der Waals surface area contributed by atoms with Crippen molar-refractivity contribution in [2.45, 2.75) is 43.5 Å². The fourth-order valence-electron chi connectivity index (χ4n) is 1.67. The summed E-state index contributed by atoms with van der Waals surface area (Å²) in [5, 5.41) is -0.0442. The van der Waals surface area contributed by atoms with Gasteiger partial charge in [0.2, 0.25) is 10.0 Å². The molecule has 0 aliphatic heterocycles. The first-order chi connectivity index (χ1) is 5.99. The topological polar surface area (TPSA) is 46.2 Å². The third kappa shape index (κ3) is 4.29. The minimum absolute atomic E-state index is 0.0442. The van der Waals surface area contributed by atoms with Crippen molar-refractivity contribution >= 4 is 21.6 Å². The van der Waals surface area contributed by atoms with E-state index in [2.05, 4.69) is 4.72 Å². The lowest BCUT2D eigenvalue weighted by Gasteiger charge is -2.19. The fraction of sp³-hybridized carbons (Fsp3) is 1.00. The Morgan fingerprint density at radius 1 is 1.23 bits per heavy atom. The number of nitrogens with one attached hydrogen (secondary N) is 1. The van der Waals surface area contributed by atoms with Crippen molar-refractivity contribution in [2.24, 2.45) is 0 Å². The highest BCUT2D eigenvalue weighted by atomic mass is 35.5. The van der Waals surface area contributed by atoms with Gasteiger partial charge in [-0.25, -0.2) is 13.1 Å². The summed E-state index contributed by atoms with van der Waals surface area (Å²) >= 11 is 6.07. The van der Waals surface area contributed by atoms with Gasteiger partial charge in [0.25, 0.3) is 0 Å². The maximum atomic E-state index is 11.0. The lowest BCUT2D eigenvalue weighted by atomic mass is 10.1. The molecular weight excluding hydrogens is 210 g/mol. The molecule has 1 fully saturated rings. The van der Waals surface area contributed by atoms with Crippen LogP contribution in [0.5, 0.6) is 0 Å². The van der Waals surface area contributed by atoms with Gasteiger partial charge < -0.3 is 0 Å². The maximum absolute atomic E-state index is 11.0. The zero-order valence-electron chi connectivity index (χ0n) is 7.79. The van der Waals surface area contributed by atoms with Gasteiger partial charge >= 0.3 is 0 Å². The summed E-state index contributed by atoms with van der Waals surface area (Å²) in [7, 11) is -3.11. The molecule has 1 aliphatic rings. The Balaban J connectivity index is 2.55. The van der Waals surface area contributed by atoms with Gasteiger partial charge in [-0.2, -0.15) is 0 Å². The molecule has 3 nitrogen and oxygen atoms in total. The first kappa shape index (κ1) is 11.3. The average Bonchev–Trinajstić information content (AvgIpc) is 2.14. The summed E-state index contributed by atoms with van der Waals surface area (Å²) in [6.45, 7) is 0. The SMILES string of the molecule is CS(=O)(=O)NC1CCCCCC1Cl. The van der Waals surface area contributed by atoms with Crippen LogP contribution >= 0.6 is 11.6 Å². The van der Waals surface area contributed by atoms with E-state index in [1.165, 1.54) is 6.26 Å². The first-order valence-electron chi connectivity index (χ1n) is 4.60. The van der Waals surface area contributed by atoms with Crippen LogP contribution in [0.25, 0.3) is 0 Å². The molecule has 1 aliphatic carbocycles. The zero-order chi connectivity index (χ0) is 9.90. The van der Waals surface area contributed by atoms with Crippen molar-refractivity contribution in [3.05, 3.63) is 0 Å². The Morgan fingerprint density at radius 2 is 1.85 bits per heavy atom. The summed E-state index contributed by atoms with van der Waals surface area (Å²) in [4.78, 5) is 0. The molecule has 13 heavy (non-hydrogen) atoms. The molecule has 0 amide bonds. The van der Waals surface area contributed by atoms with Crippen molar-refractivity contribution in [3.8, 4) is 0 Å². The summed E-state index contributed by atoms with van der Waals surface area (Å²) in [5.41, 5.74) is 0. The Morgan fingerprint density at radius 3 is 2.46 bits per heavy atom. The van der Waals surface area contributed by atoms with Crippen LogP contribution in [-0.4, -0.2) is 26.1 Å². The van der Waals surface area contributed by atoms with E-state index >= 15 is 0 Å². The van der Waals surface area contributed by atoms with E-state index < -0.39 is 10.0 Å². The van der Waals surface area contributed by atoms with E-state index in [-0.39, 0.29) is 11.4 Å². The summed E-state index contributed by atoms with van der Waals surface area (Å²) < 4.78 is 24.6. The molecule has 78 valence electrons. The first-order valence-corrected chi connectivity index (χ1v) is 6.93. The molecule has 0 aromatic carbocycles. The highest BCUT2D eigenvalue weighted by Crippen LogP contribution is 2.22. The van der Waals surface area contributed by atoms with Crippen LogP contribution in [-0.2, 0) is 10.0 Å². The second kappa shape index (κ2) is 4.62. The second-order valence-electron chi connectivity index (χ2n) is 3.65. The minimum atomic E-state index is -3.11. The van der Waals surface area contributed by atoms with Gasteiger partial charge in [0.05, 0.1) is 6.26 Å². The molecule has 0 spiro atoms. The quantitative estimate of drug-likeness (QED) is 0.572. The molecule has 1 saturated carbocycles. The largest absolute Gasteiger partial charge is 0.213 e. The van der Waals surface area contributed by atoms with Crippen molar-refractivity contribution in [2.75, 3.05) is 6.26 Å². The van der Waals surface area contributed by atoms with Crippen molar-refractivity contribution in [1.29, 1.82) is 0 Å². The van der Waals surface area contributed by atoms with Gasteiger partial charge in [-0.15, -0.1) is 11.6 Å². The van der Waals surface area contributed by atoms with Crippen LogP contribution in [0.1, 0.15) is 32.1 Å². The third-order valence-electron chi connectivity index (χ3n) is 2.30. The highest BCUT2D eigenvalue weighted by Gasteiger charge is 2.23. The van der Waals surface area contributed by atoms with Crippen LogP contribution in [0.4, 0.5) is 0 Å². The molecule has 0 saturated heterocycles. The van der Waals surface area contributed by atoms with Crippen LogP contribution < -0.4 is 4.72 Å². The molecule has 5 heteroatoms. The molecule has 0 heterocycles. The van der Waals surface area contributed by atoms with E-state index in [1.807, 2.05) is 0 Å². The van der Waals surface area contributed by atoms with Crippen LogP contribution in [0.2, 0.25) is 0 Å². The lowest BCUT2D eigenvalue weighted by Crippen LogP contribution is -2.39. The van der Waals surface area contributed by atoms with E-state index in [0.29, 0.717) is 0 Å². The number of rotatable bonds is 2. The molecule has 1 rings (SSSR count). The summed E-state index contributed by atoms with van der Waals surface area (Å²) in [6, 6.07) is -0.0702. The standard InChI is InChI=1S/C8H16ClNO2S/c1-13(11,12)10-8-6-4-2-3-5-7(8)9/h7-8,10H,2-6H2,1H3. The average molecular weight is 226 g/mol. The van der Waals surface area contributed by atoms with Gasteiger partial charge in [-0.05, 0) is 12.8 Å². The number of halogens is 1. The Bertz CT molecular complexity index is 253. The van der Waals surface area contributed by atoms with Crippen LogP contribution in [0.15, 0.2) is 0 Å². The molecule has 2 atom stereocenters. The van der Waals surface area contributed by atoms with Gasteiger partial charge in [-0.3, -0.25) is 0 Å². The number of hydrogen-bond acceptors (Lipinski definition) is 2. The van der Waals surface area contributed by atoms with E-state index in [9.17, 15) is 8.42 Å². The monoisotopic (exact) mass is 225 g/mol. The van der Waals surface area contributed by atoms with Gasteiger partial charge in [-0.1, -0.05) is 19.3 Å². The molecule has 0 radical (unpaired) electrons. The third-order valence-corrected chi connectivity index (χ3v) is 3.55. The van der Waals surface area contributed by atoms with Gasteiger partial charge in [0.1, 0.15) is 0 Å². The smallest absolute Gasteiger partial charge is 0.208 e. The number of alkyl halides is 1. The second-order valence-corrected chi connectivity index (χ2v) is 5.99. The van der Waals surface area contributed by atoms with Gasteiger partial charge in [0.15, 0.2) is 0 Å². The van der Waals surface area contributed by atoms with E-state index in [4.69, 9.17) is 11.6 Å².